The Hall–Kier alpha value is -1.18. The molecule has 0 radical (unpaired) electrons. The van der Waals surface area contributed by atoms with Crippen LogP contribution >= 0.6 is 11.3 Å². The summed E-state index contributed by atoms with van der Waals surface area (Å²) in [6.07, 6.45) is 2.96. The average Bonchev–Trinajstić information content (AvgIpc) is 2.94. The molecule has 6 nitrogen and oxygen atoms in total. The Balaban J connectivity index is 2.16. The van der Waals surface area contributed by atoms with E-state index >= 15 is 0 Å². The predicted molar refractivity (Wildman–Crippen MR) is 82.4 cm³/mol. The molecular weight excluding hydrogens is 276 g/mol. The maximum absolute atomic E-state index is 5.37. The van der Waals surface area contributed by atoms with E-state index in [1.165, 1.54) is 4.88 Å². The summed E-state index contributed by atoms with van der Waals surface area (Å²) in [5.74, 6) is 0.758. The first kappa shape index (κ1) is 16.9. The van der Waals surface area contributed by atoms with Crippen LogP contribution < -0.4 is 10.6 Å². The monoisotopic (exact) mass is 300 g/mol. The molecule has 1 aromatic heterocycles. The van der Waals surface area contributed by atoms with Gasteiger partial charge in [-0.2, -0.15) is 0 Å². The van der Waals surface area contributed by atoms with Crippen LogP contribution in [0, 0.1) is 0 Å². The SMILES string of the molecule is CCc1cnc(CNC(=NC)NCCOCCOC)s1. The lowest BCUT2D eigenvalue weighted by atomic mass is 10.4. The molecule has 0 aliphatic rings. The van der Waals surface area contributed by atoms with Crippen LogP contribution in [-0.4, -0.2) is 51.5 Å². The van der Waals surface area contributed by atoms with E-state index in [0.29, 0.717) is 32.9 Å². The molecule has 7 heteroatoms. The summed E-state index contributed by atoms with van der Waals surface area (Å²) in [6, 6.07) is 0. The van der Waals surface area contributed by atoms with Crippen molar-refractivity contribution in [2.75, 3.05) is 40.5 Å². The molecular formula is C13H24N4O2S. The Morgan fingerprint density at radius 1 is 1.35 bits per heavy atom. The molecule has 0 unspecified atom stereocenters. The minimum absolute atomic E-state index is 0.614. The average molecular weight is 300 g/mol. The topological polar surface area (TPSA) is 67.8 Å². The minimum atomic E-state index is 0.614. The Kier molecular flexibility index (Phi) is 8.93. The number of nitrogens with one attached hydrogen (secondary N) is 2. The molecule has 1 aromatic rings. The molecule has 0 aliphatic carbocycles. The van der Waals surface area contributed by atoms with Gasteiger partial charge in [0.1, 0.15) is 5.01 Å². The first-order valence-corrected chi connectivity index (χ1v) is 7.56. The van der Waals surface area contributed by atoms with Gasteiger partial charge in [-0.25, -0.2) is 4.98 Å². The third-order valence-corrected chi connectivity index (χ3v) is 3.69. The van der Waals surface area contributed by atoms with Crippen molar-refractivity contribution < 1.29 is 9.47 Å². The molecule has 0 aromatic carbocycles. The van der Waals surface area contributed by atoms with E-state index in [1.807, 2.05) is 6.20 Å². The zero-order valence-corrected chi connectivity index (χ0v) is 13.3. The summed E-state index contributed by atoms with van der Waals surface area (Å²) in [5, 5.41) is 7.49. The number of ether oxygens (including phenoxy) is 2. The Morgan fingerprint density at radius 2 is 2.20 bits per heavy atom. The van der Waals surface area contributed by atoms with Crippen LogP contribution in [0.1, 0.15) is 16.8 Å². The highest BCUT2D eigenvalue weighted by Gasteiger charge is 2.02. The summed E-state index contributed by atoms with van der Waals surface area (Å²) in [6.45, 7) is 5.40. The molecule has 0 fully saturated rings. The van der Waals surface area contributed by atoms with E-state index < -0.39 is 0 Å². The van der Waals surface area contributed by atoms with Crippen molar-refractivity contribution in [2.45, 2.75) is 19.9 Å². The molecule has 114 valence electrons. The van der Waals surface area contributed by atoms with Crippen molar-refractivity contribution in [1.82, 2.24) is 15.6 Å². The summed E-state index contributed by atoms with van der Waals surface area (Å²) in [7, 11) is 3.41. The maximum Gasteiger partial charge on any atom is 0.191 e. The number of methoxy groups -OCH3 is 1. The van der Waals surface area contributed by atoms with Crippen LogP contribution in [0.15, 0.2) is 11.2 Å². The highest BCUT2D eigenvalue weighted by atomic mass is 32.1. The summed E-state index contributed by atoms with van der Waals surface area (Å²) in [4.78, 5) is 9.82. The Morgan fingerprint density at radius 3 is 2.85 bits per heavy atom. The molecule has 2 N–H and O–H groups in total. The predicted octanol–water partition coefficient (Wildman–Crippen LogP) is 1.03. The van der Waals surface area contributed by atoms with Crippen molar-refractivity contribution in [3.63, 3.8) is 0 Å². The number of rotatable bonds is 9. The molecule has 0 amide bonds. The van der Waals surface area contributed by atoms with E-state index in [9.17, 15) is 0 Å². The normalized spacial score (nSPS) is 11.7. The number of aliphatic imine (C=N–C) groups is 1. The van der Waals surface area contributed by atoms with E-state index in [1.54, 1.807) is 25.5 Å². The van der Waals surface area contributed by atoms with Gasteiger partial charge >= 0.3 is 0 Å². The van der Waals surface area contributed by atoms with Crippen LogP contribution in [0.5, 0.6) is 0 Å². The summed E-state index contributed by atoms with van der Waals surface area (Å²) >= 11 is 1.73. The number of nitrogens with zero attached hydrogens (tertiary/aromatic N) is 2. The second kappa shape index (κ2) is 10.6. The third-order valence-electron chi connectivity index (χ3n) is 2.55. The van der Waals surface area contributed by atoms with E-state index in [2.05, 4.69) is 27.5 Å². The molecule has 0 saturated heterocycles. The molecule has 1 rings (SSSR count). The van der Waals surface area contributed by atoms with Gasteiger partial charge in [0.05, 0.1) is 26.4 Å². The fourth-order valence-electron chi connectivity index (χ4n) is 1.46. The second-order valence-electron chi connectivity index (χ2n) is 4.03. The number of hydrogen-bond acceptors (Lipinski definition) is 5. The number of aromatic nitrogens is 1. The number of aryl methyl sites for hydroxylation is 1. The first-order chi connectivity index (χ1) is 9.80. The van der Waals surface area contributed by atoms with Crippen molar-refractivity contribution in [1.29, 1.82) is 0 Å². The van der Waals surface area contributed by atoms with E-state index in [0.717, 1.165) is 17.4 Å². The number of guanidine groups is 1. The van der Waals surface area contributed by atoms with Crippen LogP contribution in [-0.2, 0) is 22.4 Å². The van der Waals surface area contributed by atoms with Gasteiger partial charge in [-0.15, -0.1) is 11.3 Å². The van der Waals surface area contributed by atoms with E-state index in [-0.39, 0.29) is 0 Å². The van der Waals surface area contributed by atoms with Gasteiger partial charge in [-0.3, -0.25) is 4.99 Å². The molecule has 0 aliphatic heterocycles. The van der Waals surface area contributed by atoms with Gasteiger partial charge in [0.15, 0.2) is 5.96 Å². The van der Waals surface area contributed by atoms with E-state index in [4.69, 9.17) is 9.47 Å². The zero-order valence-electron chi connectivity index (χ0n) is 12.4. The lowest BCUT2D eigenvalue weighted by Gasteiger charge is -2.11. The largest absolute Gasteiger partial charge is 0.382 e. The van der Waals surface area contributed by atoms with Crippen molar-refractivity contribution in [3.8, 4) is 0 Å². The highest BCUT2D eigenvalue weighted by Crippen LogP contribution is 2.12. The van der Waals surface area contributed by atoms with Crippen LogP contribution in [0.3, 0.4) is 0 Å². The van der Waals surface area contributed by atoms with Crippen LogP contribution in [0.4, 0.5) is 0 Å². The minimum Gasteiger partial charge on any atom is -0.382 e. The lowest BCUT2D eigenvalue weighted by Crippen LogP contribution is -2.38. The second-order valence-corrected chi connectivity index (χ2v) is 5.23. The standard InChI is InChI=1S/C13H24N4O2S/c1-4-11-9-16-12(20-11)10-17-13(14-2)15-5-6-19-8-7-18-3/h9H,4-8,10H2,1-3H3,(H2,14,15,17). The van der Waals surface area contributed by atoms with Gasteiger partial charge in [0, 0.05) is 31.8 Å². The van der Waals surface area contributed by atoms with Crippen molar-refractivity contribution >= 4 is 17.3 Å². The van der Waals surface area contributed by atoms with Crippen LogP contribution in [0.25, 0.3) is 0 Å². The first-order valence-electron chi connectivity index (χ1n) is 6.75. The molecule has 20 heavy (non-hydrogen) atoms. The third kappa shape index (κ3) is 6.83. The molecule has 0 spiro atoms. The smallest absolute Gasteiger partial charge is 0.191 e. The molecule has 1 heterocycles. The van der Waals surface area contributed by atoms with Gasteiger partial charge in [-0.1, -0.05) is 6.92 Å². The Bertz CT molecular complexity index is 395. The van der Waals surface area contributed by atoms with Gasteiger partial charge < -0.3 is 20.1 Å². The van der Waals surface area contributed by atoms with Gasteiger partial charge in [-0.05, 0) is 6.42 Å². The Labute approximate surface area is 124 Å². The fraction of sp³-hybridized carbons (Fsp3) is 0.692. The number of hydrogen-bond donors (Lipinski definition) is 2. The highest BCUT2D eigenvalue weighted by molar-refractivity contribution is 7.11. The fourth-order valence-corrected chi connectivity index (χ4v) is 2.26. The van der Waals surface area contributed by atoms with Crippen molar-refractivity contribution in [2.24, 2.45) is 4.99 Å². The molecule has 0 saturated carbocycles. The number of thiazole rings is 1. The van der Waals surface area contributed by atoms with Gasteiger partial charge in [0.2, 0.25) is 0 Å². The quantitative estimate of drug-likeness (QED) is 0.405. The molecule has 0 bridgehead atoms. The zero-order chi connectivity index (χ0) is 14.6. The van der Waals surface area contributed by atoms with Crippen LogP contribution in [0.2, 0.25) is 0 Å². The summed E-state index contributed by atoms with van der Waals surface area (Å²) in [5.41, 5.74) is 0. The summed E-state index contributed by atoms with van der Waals surface area (Å²) < 4.78 is 10.3. The van der Waals surface area contributed by atoms with Crippen molar-refractivity contribution in [3.05, 3.63) is 16.1 Å². The lowest BCUT2D eigenvalue weighted by molar-refractivity contribution is 0.0733. The maximum atomic E-state index is 5.37. The van der Waals surface area contributed by atoms with Gasteiger partial charge in [0.25, 0.3) is 0 Å². The molecule has 0 atom stereocenters.